The minimum Gasteiger partial charge on any atom is -0.356 e. The molecule has 0 aromatic carbocycles. The Kier molecular flexibility index (Phi) is 3.57. The molecule has 1 N–H and O–H groups in total. The summed E-state index contributed by atoms with van der Waals surface area (Å²) in [5, 5.41) is 3.48. The van der Waals surface area contributed by atoms with Crippen LogP contribution in [0, 0.1) is 0 Å². The van der Waals surface area contributed by atoms with Crippen molar-refractivity contribution in [1.29, 1.82) is 0 Å². The standard InChI is InChI=1S/C13H26N2O/c1-10(2)15-7-5-6-11(15)8-12-14-9-13(3,4)16-12/h10-12,14H,5-9H2,1-4H3. The molecule has 2 aliphatic heterocycles. The second-order valence-corrected chi connectivity index (χ2v) is 6.11. The van der Waals surface area contributed by atoms with Crippen molar-refractivity contribution in [2.24, 2.45) is 0 Å². The van der Waals surface area contributed by atoms with Crippen molar-refractivity contribution in [3.63, 3.8) is 0 Å². The van der Waals surface area contributed by atoms with E-state index < -0.39 is 0 Å². The topological polar surface area (TPSA) is 24.5 Å². The fourth-order valence-electron chi connectivity index (χ4n) is 3.00. The van der Waals surface area contributed by atoms with Crippen LogP contribution < -0.4 is 5.32 Å². The number of nitrogens with one attached hydrogen (secondary N) is 1. The highest BCUT2D eigenvalue weighted by Gasteiger charge is 2.35. The maximum atomic E-state index is 6.00. The number of ether oxygens (including phenoxy) is 1. The van der Waals surface area contributed by atoms with Gasteiger partial charge >= 0.3 is 0 Å². The van der Waals surface area contributed by atoms with Crippen molar-refractivity contribution >= 4 is 0 Å². The fourth-order valence-corrected chi connectivity index (χ4v) is 3.00. The molecule has 0 aromatic heterocycles. The Hall–Kier alpha value is -0.120. The zero-order valence-electron chi connectivity index (χ0n) is 11.1. The average Bonchev–Trinajstić information content (AvgIpc) is 2.73. The molecular weight excluding hydrogens is 200 g/mol. The zero-order valence-corrected chi connectivity index (χ0v) is 11.1. The first kappa shape index (κ1) is 12.3. The Labute approximate surface area is 99.5 Å². The Balaban J connectivity index is 1.85. The van der Waals surface area contributed by atoms with Gasteiger partial charge in [-0.3, -0.25) is 10.2 Å². The van der Waals surface area contributed by atoms with Gasteiger partial charge in [0.05, 0.1) is 5.60 Å². The summed E-state index contributed by atoms with van der Waals surface area (Å²) in [6.45, 7) is 11.2. The molecule has 16 heavy (non-hydrogen) atoms. The van der Waals surface area contributed by atoms with Crippen LogP contribution in [0.4, 0.5) is 0 Å². The molecule has 2 atom stereocenters. The lowest BCUT2D eigenvalue weighted by atomic mass is 10.1. The Morgan fingerprint density at radius 2 is 2.19 bits per heavy atom. The fraction of sp³-hybridized carbons (Fsp3) is 1.00. The molecule has 2 rings (SSSR count). The predicted octanol–water partition coefficient (Wildman–Crippen LogP) is 1.97. The molecule has 2 heterocycles. The first-order chi connectivity index (χ1) is 7.48. The van der Waals surface area contributed by atoms with Crippen molar-refractivity contribution in [2.75, 3.05) is 13.1 Å². The Morgan fingerprint density at radius 1 is 1.44 bits per heavy atom. The normalized spacial score (nSPS) is 35.1. The Morgan fingerprint density at radius 3 is 2.75 bits per heavy atom. The van der Waals surface area contributed by atoms with Gasteiger partial charge in [0, 0.05) is 25.0 Å². The van der Waals surface area contributed by atoms with Crippen LogP contribution in [0.5, 0.6) is 0 Å². The molecule has 0 spiro atoms. The van der Waals surface area contributed by atoms with Crippen molar-refractivity contribution in [3.05, 3.63) is 0 Å². The highest BCUT2D eigenvalue weighted by atomic mass is 16.5. The summed E-state index contributed by atoms with van der Waals surface area (Å²) in [6.07, 6.45) is 4.08. The molecule has 2 unspecified atom stereocenters. The highest BCUT2D eigenvalue weighted by Crippen LogP contribution is 2.27. The largest absolute Gasteiger partial charge is 0.356 e. The molecule has 2 fully saturated rings. The second-order valence-electron chi connectivity index (χ2n) is 6.11. The summed E-state index contributed by atoms with van der Waals surface area (Å²) in [5.74, 6) is 0. The third kappa shape index (κ3) is 2.76. The number of likely N-dealkylation sites (tertiary alicyclic amines) is 1. The van der Waals surface area contributed by atoms with Crippen LogP contribution in [0.3, 0.4) is 0 Å². The Bertz CT molecular complexity index is 240. The maximum Gasteiger partial charge on any atom is 0.110 e. The molecule has 0 bridgehead atoms. The third-order valence-corrected chi connectivity index (χ3v) is 3.79. The molecular formula is C13H26N2O. The van der Waals surface area contributed by atoms with Gasteiger partial charge in [-0.25, -0.2) is 0 Å². The lowest BCUT2D eigenvalue weighted by Crippen LogP contribution is -2.39. The summed E-state index contributed by atoms with van der Waals surface area (Å²) < 4.78 is 6.00. The van der Waals surface area contributed by atoms with Crippen molar-refractivity contribution < 1.29 is 4.74 Å². The van der Waals surface area contributed by atoms with E-state index in [-0.39, 0.29) is 11.8 Å². The molecule has 0 aromatic rings. The van der Waals surface area contributed by atoms with E-state index in [4.69, 9.17) is 4.74 Å². The first-order valence-electron chi connectivity index (χ1n) is 6.65. The van der Waals surface area contributed by atoms with Gasteiger partial charge in [-0.1, -0.05) is 0 Å². The van der Waals surface area contributed by atoms with Gasteiger partial charge in [0.15, 0.2) is 0 Å². The van der Waals surface area contributed by atoms with Crippen LogP contribution in [0.2, 0.25) is 0 Å². The quantitative estimate of drug-likeness (QED) is 0.796. The summed E-state index contributed by atoms with van der Waals surface area (Å²) in [4.78, 5) is 2.62. The molecule has 3 nitrogen and oxygen atoms in total. The highest BCUT2D eigenvalue weighted by molar-refractivity contribution is 4.88. The second kappa shape index (κ2) is 4.63. The SMILES string of the molecule is CC(C)N1CCCC1CC1NCC(C)(C)O1. The molecule has 94 valence electrons. The van der Waals surface area contributed by atoms with E-state index in [0.29, 0.717) is 12.1 Å². The van der Waals surface area contributed by atoms with Crippen molar-refractivity contribution in [3.8, 4) is 0 Å². The van der Waals surface area contributed by atoms with E-state index in [2.05, 4.69) is 37.9 Å². The lowest BCUT2D eigenvalue weighted by molar-refractivity contribution is -0.0282. The molecule has 0 aliphatic carbocycles. The van der Waals surface area contributed by atoms with Gasteiger partial charge in [-0.05, 0) is 47.1 Å². The van der Waals surface area contributed by atoms with E-state index in [0.717, 1.165) is 13.0 Å². The molecule has 0 radical (unpaired) electrons. The van der Waals surface area contributed by atoms with Gasteiger partial charge in [0.1, 0.15) is 6.23 Å². The van der Waals surface area contributed by atoms with E-state index in [1.807, 2.05) is 0 Å². The number of hydrogen-bond donors (Lipinski definition) is 1. The molecule has 3 heteroatoms. The van der Waals surface area contributed by atoms with E-state index in [9.17, 15) is 0 Å². The van der Waals surface area contributed by atoms with Gasteiger partial charge in [-0.15, -0.1) is 0 Å². The first-order valence-corrected chi connectivity index (χ1v) is 6.65. The van der Waals surface area contributed by atoms with Gasteiger partial charge in [0.2, 0.25) is 0 Å². The summed E-state index contributed by atoms with van der Waals surface area (Å²) >= 11 is 0. The van der Waals surface area contributed by atoms with Gasteiger partial charge in [0.25, 0.3) is 0 Å². The predicted molar refractivity (Wildman–Crippen MR) is 66.4 cm³/mol. The third-order valence-electron chi connectivity index (χ3n) is 3.79. The summed E-state index contributed by atoms with van der Waals surface area (Å²) in [6, 6.07) is 1.38. The van der Waals surface area contributed by atoms with Crippen molar-refractivity contribution in [2.45, 2.75) is 70.9 Å². The van der Waals surface area contributed by atoms with Crippen LogP contribution in [0.25, 0.3) is 0 Å². The molecule has 2 aliphatic rings. The number of rotatable bonds is 3. The monoisotopic (exact) mass is 226 g/mol. The minimum atomic E-state index is 0.0198. The maximum absolute atomic E-state index is 6.00. The van der Waals surface area contributed by atoms with Crippen LogP contribution >= 0.6 is 0 Å². The van der Waals surface area contributed by atoms with Crippen LogP contribution in [-0.2, 0) is 4.74 Å². The average molecular weight is 226 g/mol. The smallest absolute Gasteiger partial charge is 0.110 e. The van der Waals surface area contributed by atoms with Gasteiger partial charge in [-0.2, -0.15) is 0 Å². The molecule has 0 saturated carbocycles. The number of hydrogen-bond acceptors (Lipinski definition) is 3. The van der Waals surface area contributed by atoms with Crippen LogP contribution in [-0.4, -0.2) is 41.9 Å². The van der Waals surface area contributed by atoms with Gasteiger partial charge < -0.3 is 4.74 Å². The van der Waals surface area contributed by atoms with E-state index in [1.54, 1.807) is 0 Å². The zero-order chi connectivity index (χ0) is 11.8. The van der Waals surface area contributed by atoms with Crippen LogP contribution in [0.1, 0.15) is 47.0 Å². The summed E-state index contributed by atoms with van der Waals surface area (Å²) in [5.41, 5.74) is 0.0198. The van der Waals surface area contributed by atoms with Crippen LogP contribution in [0.15, 0.2) is 0 Å². The number of nitrogens with zero attached hydrogens (tertiary/aromatic N) is 1. The summed E-state index contributed by atoms with van der Waals surface area (Å²) in [7, 11) is 0. The molecule has 0 amide bonds. The lowest BCUT2D eigenvalue weighted by Gasteiger charge is -2.30. The molecule has 2 saturated heterocycles. The van der Waals surface area contributed by atoms with E-state index in [1.165, 1.54) is 19.4 Å². The minimum absolute atomic E-state index is 0.0198. The van der Waals surface area contributed by atoms with E-state index >= 15 is 0 Å². The van der Waals surface area contributed by atoms with Crippen molar-refractivity contribution in [1.82, 2.24) is 10.2 Å².